The van der Waals surface area contributed by atoms with Crippen molar-refractivity contribution < 1.29 is 13.5 Å². The van der Waals surface area contributed by atoms with Crippen LogP contribution in [0.25, 0.3) is 22.1 Å². The van der Waals surface area contributed by atoms with Gasteiger partial charge in [0.2, 0.25) is 0 Å². The Labute approximate surface area is 121 Å². The molecule has 2 aromatic carbocycles. The zero-order valence-corrected chi connectivity index (χ0v) is 11.3. The van der Waals surface area contributed by atoms with E-state index in [2.05, 4.69) is 0 Å². The number of rotatable bonds is 2. The standard InChI is InChI=1S/C17H14FNO2/c18-13-6-12-7-14(9-19)21-17(12)15(8-13)10-1-2-16-11(5-10)3-4-20-16/h1-6,8,14H,7,9,19H2. The Balaban J connectivity index is 1.88. The summed E-state index contributed by atoms with van der Waals surface area (Å²) in [6.45, 7) is 0.427. The molecule has 3 nitrogen and oxygen atoms in total. The van der Waals surface area contributed by atoms with E-state index >= 15 is 0 Å². The van der Waals surface area contributed by atoms with Crippen LogP contribution in [0.1, 0.15) is 5.56 Å². The molecule has 2 N–H and O–H groups in total. The molecule has 0 spiro atoms. The molecule has 1 aromatic heterocycles. The Morgan fingerprint density at radius 3 is 2.95 bits per heavy atom. The molecule has 0 saturated heterocycles. The number of ether oxygens (including phenoxy) is 1. The lowest BCUT2D eigenvalue weighted by Gasteiger charge is -2.11. The fraction of sp³-hybridized carbons (Fsp3) is 0.176. The second-order valence-electron chi connectivity index (χ2n) is 5.29. The maximum atomic E-state index is 13.9. The number of benzene rings is 2. The zero-order chi connectivity index (χ0) is 14.4. The SMILES string of the molecule is NCC1Cc2cc(F)cc(-c3ccc4occc4c3)c2O1. The minimum absolute atomic E-state index is 0.0711. The van der Waals surface area contributed by atoms with E-state index in [1.54, 1.807) is 6.26 Å². The number of nitrogens with two attached hydrogens (primary N) is 1. The summed E-state index contributed by atoms with van der Waals surface area (Å²) in [5.41, 5.74) is 9.05. The molecule has 4 heteroatoms. The van der Waals surface area contributed by atoms with Crippen molar-refractivity contribution in [2.24, 2.45) is 5.73 Å². The number of furan rings is 1. The van der Waals surface area contributed by atoms with Gasteiger partial charge in [0.1, 0.15) is 23.3 Å². The third-order valence-electron chi connectivity index (χ3n) is 3.89. The maximum absolute atomic E-state index is 13.9. The molecule has 0 amide bonds. The Morgan fingerprint density at radius 1 is 1.19 bits per heavy atom. The molecule has 21 heavy (non-hydrogen) atoms. The highest BCUT2D eigenvalue weighted by molar-refractivity contribution is 5.85. The van der Waals surface area contributed by atoms with Gasteiger partial charge in [0.05, 0.1) is 6.26 Å². The minimum Gasteiger partial charge on any atom is -0.488 e. The van der Waals surface area contributed by atoms with Gasteiger partial charge in [-0.15, -0.1) is 0 Å². The van der Waals surface area contributed by atoms with Crippen molar-refractivity contribution in [3.8, 4) is 16.9 Å². The summed E-state index contributed by atoms with van der Waals surface area (Å²) in [5, 5.41) is 0.985. The van der Waals surface area contributed by atoms with Crippen molar-refractivity contribution in [1.82, 2.24) is 0 Å². The van der Waals surface area contributed by atoms with Crippen molar-refractivity contribution in [3.63, 3.8) is 0 Å². The fourth-order valence-electron chi connectivity index (χ4n) is 2.87. The molecule has 1 aliphatic heterocycles. The molecule has 0 bridgehead atoms. The molecule has 1 aliphatic rings. The van der Waals surface area contributed by atoms with Gasteiger partial charge in [0.15, 0.2) is 0 Å². The van der Waals surface area contributed by atoms with Crippen LogP contribution in [0.5, 0.6) is 5.75 Å². The molecule has 4 rings (SSSR count). The van der Waals surface area contributed by atoms with E-state index in [9.17, 15) is 4.39 Å². The molecule has 1 atom stereocenters. The van der Waals surface area contributed by atoms with Crippen LogP contribution >= 0.6 is 0 Å². The summed E-state index contributed by atoms with van der Waals surface area (Å²) in [5.74, 6) is 0.493. The first-order valence-corrected chi connectivity index (χ1v) is 6.91. The minimum atomic E-state index is -0.252. The number of hydrogen-bond donors (Lipinski definition) is 1. The van der Waals surface area contributed by atoms with Gasteiger partial charge in [0.25, 0.3) is 0 Å². The van der Waals surface area contributed by atoms with E-state index in [0.29, 0.717) is 13.0 Å². The van der Waals surface area contributed by atoms with Gasteiger partial charge < -0.3 is 14.9 Å². The van der Waals surface area contributed by atoms with Crippen LogP contribution in [0.3, 0.4) is 0 Å². The normalized spacial score (nSPS) is 17.0. The summed E-state index contributed by atoms with van der Waals surface area (Å²) >= 11 is 0. The van der Waals surface area contributed by atoms with E-state index in [-0.39, 0.29) is 11.9 Å². The lowest BCUT2D eigenvalue weighted by molar-refractivity contribution is 0.242. The highest BCUT2D eigenvalue weighted by atomic mass is 19.1. The number of fused-ring (bicyclic) bond motifs is 2. The van der Waals surface area contributed by atoms with E-state index in [0.717, 1.165) is 33.4 Å². The summed E-state index contributed by atoms with van der Waals surface area (Å²) in [6.07, 6.45) is 2.23. The van der Waals surface area contributed by atoms with Gasteiger partial charge >= 0.3 is 0 Å². The summed E-state index contributed by atoms with van der Waals surface area (Å²) in [4.78, 5) is 0. The molecule has 2 heterocycles. The van der Waals surface area contributed by atoms with Crippen molar-refractivity contribution >= 4 is 11.0 Å². The molecule has 0 fully saturated rings. The first-order valence-electron chi connectivity index (χ1n) is 6.91. The smallest absolute Gasteiger partial charge is 0.133 e. The molecule has 0 radical (unpaired) electrons. The van der Waals surface area contributed by atoms with Crippen molar-refractivity contribution in [1.29, 1.82) is 0 Å². The monoisotopic (exact) mass is 283 g/mol. The number of hydrogen-bond acceptors (Lipinski definition) is 3. The van der Waals surface area contributed by atoms with Gasteiger partial charge in [-0.1, -0.05) is 6.07 Å². The molecule has 0 saturated carbocycles. The second kappa shape index (κ2) is 4.60. The first kappa shape index (κ1) is 12.4. The third kappa shape index (κ3) is 1.99. The molecular formula is C17H14FNO2. The fourth-order valence-corrected chi connectivity index (χ4v) is 2.87. The van der Waals surface area contributed by atoms with Crippen LogP contribution in [0.2, 0.25) is 0 Å². The molecule has 0 aliphatic carbocycles. The van der Waals surface area contributed by atoms with Crippen LogP contribution in [-0.2, 0) is 6.42 Å². The topological polar surface area (TPSA) is 48.4 Å². The van der Waals surface area contributed by atoms with Crippen molar-refractivity contribution in [2.75, 3.05) is 6.54 Å². The average Bonchev–Trinajstić information content (AvgIpc) is 3.11. The molecular weight excluding hydrogens is 269 g/mol. The predicted octanol–water partition coefficient (Wildman–Crippen LogP) is 3.50. The van der Waals surface area contributed by atoms with Crippen molar-refractivity contribution in [2.45, 2.75) is 12.5 Å². The quantitative estimate of drug-likeness (QED) is 0.783. The summed E-state index contributed by atoms with van der Waals surface area (Å²) in [6, 6.07) is 10.7. The Morgan fingerprint density at radius 2 is 2.10 bits per heavy atom. The van der Waals surface area contributed by atoms with Crippen LogP contribution in [0.4, 0.5) is 4.39 Å². The van der Waals surface area contributed by atoms with Gasteiger partial charge in [-0.05, 0) is 35.9 Å². The van der Waals surface area contributed by atoms with Gasteiger partial charge in [-0.3, -0.25) is 0 Å². The molecule has 3 aromatic rings. The maximum Gasteiger partial charge on any atom is 0.133 e. The van der Waals surface area contributed by atoms with E-state index in [1.165, 1.54) is 12.1 Å². The van der Waals surface area contributed by atoms with Gasteiger partial charge in [0, 0.05) is 29.5 Å². The summed E-state index contributed by atoms with van der Waals surface area (Å²) < 4.78 is 25.1. The van der Waals surface area contributed by atoms with E-state index in [1.807, 2.05) is 24.3 Å². The summed E-state index contributed by atoms with van der Waals surface area (Å²) in [7, 11) is 0. The Kier molecular flexibility index (Phi) is 2.72. The lowest BCUT2D eigenvalue weighted by Crippen LogP contribution is -2.24. The van der Waals surface area contributed by atoms with E-state index in [4.69, 9.17) is 14.9 Å². The first-order chi connectivity index (χ1) is 10.2. The van der Waals surface area contributed by atoms with E-state index < -0.39 is 0 Å². The molecule has 106 valence electrons. The average molecular weight is 283 g/mol. The highest BCUT2D eigenvalue weighted by Crippen LogP contribution is 2.40. The van der Waals surface area contributed by atoms with Gasteiger partial charge in [-0.25, -0.2) is 4.39 Å². The van der Waals surface area contributed by atoms with Crippen LogP contribution in [0.15, 0.2) is 47.1 Å². The third-order valence-corrected chi connectivity index (χ3v) is 3.89. The lowest BCUT2D eigenvalue weighted by atomic mass is 9.99. The van der Waals surface area contributed by atoms with Crippen molar-refractivity contribution in [3.05, 3.63) is 54.0 Å². The second-order valence-corrected chi connectivity index (χ2v) is 5.29. The Hall–Kier alpha value is -2.33. The predicted molar refractivity (Wildman–Crippen MR) is 78.8 cm³/mol. The number of halogens is 1. The largest absolute Gasteiger partial charge is 0.488 e. The Bertz CT molecular complexity index is 825. The van der Waals surface area contributed by atoms with Gasteiger partial charge in [-0.2, -0.15) is 0 Å². The van der Waals surface area contributed by atoms with Crippen LogP contribution in [-0.4, -0.2) is 12.6 Å². The van der Waals surface area contributed by atoms with Crippen LogP contribution < -0.4 is 10.5 Å². The zero-order valence-electron chi connectivity index (χ0n) is 11.3. The molecule has 1 unspecified atom stereocenters. The highest BCUT2D eigenvalue weighted by Gasteiger charge is 2.26. The van der Waals surface area contributed by atoms with Crippen LogP contribution in [0, 0.1) is 5.82 Å².